The Morgan fingerprint density at radius 1 is 0.800 bits per heavy atom. The number of anilines is 2. The standard InChI is InChI=1S/C27H23N3O4S/c31-25(20-11-13-23(14-12-20)33-17-15-19-6-2-1-3-7-19)30-27(35)29-22-9-4-8-21(18-22)28-26(32)24-10-5-16-34-24/h1-14,16,18H,15,17H2,(H,28,32)(H2,29,30,31,35). The van der Waals surface area contributed by atoms with E-state index in [-0.39, 0.29) is 22.7 Å². The van der Waals surface area contributed by atoms with Gasteiger partial charge in [-0.25, -0.2) is 0 Å². The van der Waals surface area contributed by atoms with Crippen LogP contribution in [0.1, 0.15) is 26.5 Å². The third kappa shape index (κ3) is 7.02. The number of nitrogens with one attached hydrogen (secondary N) is 3. The van der Waals surface area contributed by atoms with Gasteiger partial charge in [0.05, 0.1) is 12.9 Å². The highest BCUT2D eigenvalue weighted by Gasteiger charge is 2.11. The van der Waals surface area contributed by atoms with E-state index in [0.717, 1.165) is 6.42 Å². The number of hydrogen-bond donors (Lipinski definition) is 3. The summed E-state index contributed by atoms with van der Waals surface area (Å²) in [6, 6.07) is 27.1. The van der Waals surface area contributed by atoms with Gasteiger partial charge in [-0.05, 0) is 72.4 Å². The molecule has 0 unspecified atom stereocenters. The first-order valence-corrected chi connectivity index (χ1v) is 11.3. The maximum atomic E-state index is 12.6. The van der Waals surface area contributed by atoms with Crippen LogP contribution in [0.4, 0.5) is 11.4 Å². The summed E-state index contributed by atoms with van der Waals surface area (Å²) in [5, 5.41) is 8.47. The summed E-state index contributed by atoms with van der Waals surface area (Å²) >= 11 is 5.27. The van der Waals surface area contributed by atoms with Gasteiger partial charge in [0.15, 0.2) is 10.9 Å². The molecule has 0 bridgehead atoms. The molecule has 3 aromatic carbocycles. The molecule has 1 aromatic heterocycles. The summed E-state index contributed by atoms with van der Waals surface area (Å²) in [7, 11) is 0. The van der Waals surface area contributed by atoms with Crippen LogP contribution in [-0.2, 0) is 6.42 Å². The Balaban J connectivity index is 1.26. The highest BCUT2D eigenvalue weighted by atomic mass is 32.1. The number of amides is 2. The van der Waals surface area contributed by atoms with Crippen LogP contribution in [0.25, 0.3) is 0 Å². The monoisotopic (exact) mass is 485 g/mol. The summed E-state index contributed by atoms with van der Waals surface area (Å²) in [4.78, 5) is 24.7. The average molecular weight is 486 g/mol. The molecule has 8 heteroatoms. The third-order valence-electron chi connectivity index (χ3n) is 4.97. The van der Waals surface area contributed by atoms with Crippen molar-refractivity contribution in [3.8, 4) is 5.75 Å². The number of carbonyl (C=O) groups is 2. The maximum Gasteiger partial charge on any atom is 0.291 e. The molecule has 3 N–H and O–H groups in total. The highest BCUT2D eigenvalue weighted by molar-refractivity contribution is 7.80. The number of ether oxygens (including phenoxy) is 1. The zero-order valence-electron chi connectivity index (χ0n) is 18.7. The summed E-state index contributed by atoms with van der Waals surface area (Å²) in [6.45, 7) is 0.546. The molecule has 4 aromatic rings. The van der Waals surface area contributed by atoms with E-state index in [2.05, 4.69) is 28.1 Å². The Morgan fingerprint density at radius 2 is 1.54 bits per heavy atom. The second-order valence-corrected chi connectivity index (χ2v) is 7.94. The van der Waals surface area contributed by atoms with Crippen molar-refractivity contribution in [1.82, 2.24) is 5.32 Å². The van der Waals surface area contributed by atoms with E-state index < -0.39 is 0 Å². The van der Waals surface area contributed by atoms with E-state index >= 15 is 0 Å². The van der Waals surface area contributed by atoms with Crippen LogP contribution in [0.5, 0.6) is 5.75 Å². The van der Waals surface area contributed by atoms with E-state index in [0.29, 0.717) is 29.3 Å². The summed E-state index contributed by atoms with van der Waals surface area (Å²) in [5.74, 6) is 0.182. The third-order valence-corrected chi connectivity index (χ3v) is 5.17. The smallest absolute Gasteiger partial charge is 0.291 e. The summed E-state index contributed by atoms with van der Waals surface area (Å²) < 4.78 is 10.9. The van der Waals surface area contributed by atoms with Gasteiger partial charge in [0.25, 0.3) is 11.8 Å². The first kappa shape index (κ1) is 23.7. The fourth-order valence-corrected chi connectivity index (χ4v) is 3.46. The number of rotatable bonds is 8. The minimum Gasteiger partial charge on any atom is -0.493 e. The molecule has 0 aliphatic heterocycles. The van der Waals surface area contributed by atoms with Gasteiger partial charge in [0.1, 0.15) is 5.75 Å². The molecule has 1 heterocycles. The van der Waals surface area contributed by atoms with Crippen molar-refractivity contribution < 1.29 is 18.7 Å². The lowest BCUT2D eigenvalue weighted by atomic mass is 10.2. The lowest BCUT2D eigenvalue weighted by Crippen LogP contribution is -2.34. The molecule has 7 nitrogen and oxygen atoms in total. The molecule has 35 heavy (non-hydrogen) atoms. The molecular formula is C27H23N3O4S. The zero-order valence-corrected chi connectivity index (χ0v) is 19.5. The number of thiocarbonyl (C=S) groups is 1. The normalized spacial score (nSPS) is 10.3. The molecule has 0 spiro atoms. The molecule has 4 rings (SSSR count). The van der Waals surface area contributed by atoms with Crippen LogP contribution in [0.3, 0.4) is 0 Å². The van der Waals surface area contributed by atoms with Gasteiger partial charge >= 0.3 is 0 Å². The van der Waals surface area contributed by atoms with Crippen LogP contribution < -0.4 is 20.7 Å². The maximum absolute atomic E-state index is 12.6. The quantitative estimate of drug-likeness (QED) is 0.294. The zero-order chi connectivity index (χ0) is 24.5. The van der Waals surface area contributed by atoms with Crippen molar-refractivity contribution in [3.05, 3.63) is 114 Å². The molecule has 0 fully saturated rings. The number of furan rings is 1. The van der Waals surface area contributed by atoms with Crippen LogP contribution in [0.15, 0.2) is 102 Å². The first-order chi connectivity index (χ1) is 17.1. The van der Waals surface area contributed by atoms with Crippen LogP contribution >= 0.6 is 12.2 Å². The van der Waals surface area contributed by atoms with Gasteiger partial charge in [-0.15, -0.1) is 0 Å². The van der Waals surface area contributed by atoms with E-state index in [1.54, 1.807) is 60.7 Å². The van der Waals surface area contributed by atoms with Gasteiger partial charge in [-0.3, -0.25) is 14.9 Å². The lowest BCUT2D eigenvalue weighted by molar-refractivity contribution is 0.0975. The molecule has 0 atom stereocenters. The Labute approximate surface area is 208 Å². The molecule has 0 radical (unpaired) electrons. The second kappa shape index (κ2) is 11.6. The predicted molar refractivity (Wildman–Crippen MR) is 139 cm³/mol. The largest absolute Gasteiger partial charge is 0.493 e. The molecule has 2 amide bonds. The molecule has 0 saturated carbocycles. The Hall–Kier alpha value is -4.43. The number of carbonyl (C=O) groups excluding carboxylic acids is 2. The van der Waals surface area contributed by atoms with Gasteiger partial charge in [-0.2, -0.15) is 0 Å². The van der Waals surface area contributed by atoms with Gasteiger partial charge in [-0.1, -0.05) is 36.4 Å². The van der Waals surface area contributed by atoms with Crippen molar-refractivity contribution >= 4 is 40.5 Å². The highest BCUT2D eigenvalue weighted by Crippen LogP contribution is 2.17. The van der Waals surface area contributed by atoms with Crippen LogP contribution in [0.2, 0.25) is 0 Å². The average Bonchev–Trinajstić information content (AvgIpc) is 3.41. The number of hydrogen-bond acceptors (Lipinski definition) is 5. The minimum absolute atomic E-state index is 0.132. The predicted octanol–water partition coefficient (Wildman–Crippen LogP) is 5.28. The summed E-state index contributed by atoms with van der Waals surface area (Å²) in [5.41, 5.74) is 2.81. The molecule has 0 aliphatic carbocycles. The van der Waals surface area contributed by atoms with Crippen molar-refractivity contribution in [2.75, 3.05) is 17.2 Å². The molecular weight excluding hydrogens is 462 g/mol. The van der Waals surface area contributed by atoms with Crippen molar-refractivity contribution in [2.24, 2.45) is 0 Å². The van der Waals surface area contributed by atoms with Crippen LogP contribution in [-0.4, -0.2) is 23.5 Å². The SMILES string of the molecule is O=C(NC(=S)Nc1cccc(NC(=O)c2ccco2)c1)c1ccc(OCCc2ccccc2)cc1. The fourth-order valence-electron chi connectivity index (χ4n) is 3.25. The topological polar surface area (TPSA) is 92.6 Å². The van der Waals surface area contributed by atoms with Gasteiger partial charge in [0.2, 0.25) is 0 Å². The van der Waals surface area contributed by atoms with Gasteiger partial charge < -0.3 is 19.8 Å². The Bertz CT molecular complexity index is 1290. The molecule has 0 saturated heterocycles. The van der Waals surface area contributed by atoms with Gasteiger partial charge in [0, 0.05) is 23.4 Å². The lowest BCUT2D eigenvalue weighted by Gasteiger charge is -2.11. The van der Waals surface area contributed by atoms with Crippen LogP contribution in [0, 0.1) is 0 Å². The van der Waals surface area contributed by atoms with Crippen molar-refractivity contribution in [3.63, 3.8) is 0 Å². The van der Waals surface area contributed by atoms with E-state index in [4.69, 9.17) is 21.4 Å². The van der Waals surface area contributed by atoms with E-state index in [1.807, 2.05) is 18.2 Å². The Morgan fingerprint density at radius 3 is 2.26 bits per heavy atom. The Kier molecular flexibility index (Phi) is 7.88. The fraction of sp³-hybridized carbons (Fsp3) is 0.0741. The minimum atomic E-state index is -0.365. The van der Waals surface area contributed by atoms with E-state index in [9.17, 15) is 9.59 Å². The van der Waals surface area contributed by atoms with E-state index in [1.165, 1.54) is 11.8 Å². The second-order valence-electron chi connectivity index (χ2n) is 7.53. The number of benzene rings is 3. The van der Waals surface area contributed by atoms with Crippen molar-refractivity contribution in [1.29, 1.82) is 0 Å². The summed E-state index contributed by atoms with van der Waals surface area (Å²) in [6.07, 6.45) is 2.23. The molecule has 0 aliphatic rings. The first-order valence-electron chi connectivity index (χ1n) is 10.9. The molecule has 176 valence electrons. The van der Waals surface area contributed by atoms with Crippen molar-refractivity contribution in [2.45, 2.75) is 6.42 Å².